The maximum Gasteiger partial charge on any atom is 0.230 e. The number of carbonyl (C=O) groups excluding carboxylic acids is 1. The van der Waals surface area contributed by atoms with Crippen molar-refractivity contribution in [2.75, 3.05) is 6.54 Å². The summed E-state index contributed by atoms with van der Waals surface area (Å²) in [6.45, 7) is 2.54. The zero-order valence-electron chi connectivity index (χ0n) is 13.5. The number of furan rings is 1. The summed E-state index contributed by atoms with van der Waals surface area (Å²) in [5, 5.41) is 4.22. The zero-order valence-corrected chi connectivity index (χ0v) is 14.3. The van der Waals surface area contributed by atoms with Crippen LogP contribution in [-0.4, -0.2) is 18.5 Å². The smallest absolute Gasteiger partial charge is 0.230 e. The first kappa shape index (κ1) is 17.8. The first-order valence-corrected chi connectivity index (χ1v) is 8.18. The van der Waals surface area contributed by atoms with Crippen LogP contribution in [0, 0.1) is 5.92 Å². The number of nitrogens with one attached hydrogen (secondary N) is 1. The Morgan fingerprint density at radius 3 is 2.83 bits per heavy atom. The number of carbonyl (C=O) groups is 1. The van der Waals surface area contributed by atoms with E-state index in [4.69, 9.17) is 10.2 Å². The molecule has 1 heterocycles. The molecule has 3 unspecified atom stereocenters. The Morgan fingerprint density at radius 1 is 1.35 bits per heavy atom. The summed E-state index contributed by atoms with van der Waals surface area (Å²) in [5.74, 6) is 0.872. The molecule has 5 heteroatoms. The summed E-state index contributed by atoms with van der Waals surface area (Å²) >= 11 is 0. The molecule has 1 fully saturated rings. The number of benzene rings is 1. The Bertz CT molecular complexity index is 622. The molecule has 0 radical (unpaired) electrons. The van der Waals surface area contributed by atoms with Crippen LogP contribution < -0.4 is 11.1 Å². The highest BCUT2D eigenvalue weighted by Gasteiger charge is 2.28. The Balaban J connectivity index is 0.00000192. The van der Waals surface area contributed by atoms with Crippen molar-refractivity contribution in [2.24, 2.45) is 11.7 Å². The lowest BCUT2D eigenvalue weighted by atomic mass is 9.84. The predicted molar refractivity (Wildman–Crippen MR) is 94.8 cm³/mol. The summed E-state index contributed by atoms with van der Waals surface area (Å²) in [5.41, 5.74) is 6.67. The lowest BCUT2D eigenvalue weighted by Gasteiger charge is -2.31. The number of rotatable bonds is 4. The van der Waals surface area contributed by atoms with Gasteiger partial charge in [0.1, 0.15) is 11.3 Å². The fourth-order valence-corrected chi connectivity index (χ4v) is 3.33. The van der Waals surface area contributed by atoms with Gasteiger partial charge < -0.3 is 15.5 Å². The van der Waals surface area contributed by atoms with Crippen molar-refractivity contribution in [3.63, 3.8) is 0 Å². The van der Waals surface area contributed by atoms with Gasteiger partial charge in [-0.25, -0.2) is 0 Å². The van der Waals surface area contributed by atoms with E-state index in [0.717, 1.165) is 29.6 Å². The van der Waals surface area contributed by atoms with Gasteiger partial charge >= 0.3 is 0 Å². The standard InChI is InChI=1S/C18H24N2O2.ClH/c1-12(17-10-13-6-3-5-9-16(13)22-17)18(21)20-15-8-4-2-7-14(15)11-19;/h3,5-6,9-10,12,14-15H,2,4,7-8,11,19H2,1H3,(H,20,21);1H. The summed E-state index contributed by atoms with van der Waals surface area (Å²) in [6.07, 6.45) is 4.52. The molecule has 2 aromatic rings. The third-order valence-corrected chi connectivity index (χ3v) is 4.80. The quantitative estimate of drug-likeness (QED) is 0.896. The van der Waals surface area contributed by atoms with Gasteiger partial charge in [0, 0.05) is 11.4 Å². The first-order chi connectivity index (χ1) is 10.7. The lowest BCUT2D eigenvalue weighted by Crippen LogP contribution is -2.45. The minimum absolute atomic E-state index is 0. The molecule has 1 aromatic heterocycles. The molecule has 3 atom stereocenters. The van der Waals surface area contributed by atoms with Gasteiger partial charge in [0.05, 0.1) is 5.92 Å². The van der Waals surface area contributed by atoms with Crippen molar-refractivity contribution in [1.29, 1.82) is 0 Å². The molecule has 1 aliphatic rings. The van der Waals surface area contributed by atoms with E-state index in [1.807, 2.05) is 37.3 Å². The Hall–Kier alpha value is -1.52. The van der Waals surface area contributed by atoms with E-state index in [9.17, 15) is 4.79 Å². The molecule has 1 saturated carbocycles. The summed E-state index contributed by atoms with van der Waals surface area (Å²) in [6, 6.07) is 10.0. The molecule has 0 bridgehead atoms. The van der Waals surface area contributed by atoms with Gasteiger partial charge in [-0.1, -0.05) is 31.0 Å². The van der Waals surface area contributed by atoms with E-state index in [0.29, 0.717) is 12.5 Å². The van der Waals surface area contributed by atoms with Crippen LogP contribution in [0.4, 0.5) is 0 Å². The predicted octanol–water partition coefficient (Wildman–Crippen LogP) is 3.59. The van der Waals surface area contributed by atoms with E-state index in [1.54, 1.807) is 0 Å². The average molecular weight is 337 g/mol. The molecule has 1 amide bonds. The number of amides is 1. The van der Waals surface area contributed by atoms with Crippen LogP contribution in [0.25, 0.3) is 11.0 Å². The van der Waals surface area contributed by atoms with Gasteiger partial charge in [0.15, 0.2) is 0 Å². The Morgan fingerprint density at radius 2 is 2.09 bits per heavy atom. The number of hydrogen-bond acceptors (Lipinski definition) is 3. The van der Waals surface area contributed by atoms with E-state index in [2.05, 4.69) is 5.32 Å². The molecule has 1 aromatic carbocycles. The van der Waals surface area contributed by atoms with Gasteiger partial charge in [-0.15, -0.1) is 12.4 Å². The molecule has 3 N–H and O–H groups in total. The lowest BCUT2D eigenvalue weighted by molar-refractivity contribution is -0.123. The Kier molecular flexibility index (Phi) is 6.08. The summed E-state index contributed by atoms with van der Waals surface area (Å²) in [7, 11) is 0. The SMILES string of the molecule is CC(C(=O)NC1CCCCC1CN)c1cc2ccccc2o1.Cl. The molecular weight excluding hydrogens is 312 g/mol. The summed E-state index contributed by atoms with van der Waals surface area (Å²) in [4.78, 5) is 12.5. The maximum absolute atomic E-state index is 12.5. The maximum atomic E-state index is 12.5. The van der Waals surface area contributed by atoms with Gasteiger partial charge in [-0.2, -0.15) is 0 Å². The highest BCUT2D eigenvalue weighted by atomic mass is 35.5. The molecule has 0 aliphatic heterocycles. The van der Waals surface area contributed by atoms with Crippen LogP contribution in [-0.2, 0) is 4.79 Å². The van der Waals surface area contributed by atoms with Gasteiger partial charge in [-0.05, 0) is 44.4 Å². The molecule has 3 rings (SSSR count). The van der Waals surface area contributed by atoms with Crippen molar-refractivity contribution in [3.8, 4) is 0 Å². The number of nitrogens with two attached hydrogens (primary N) is 1. The van der Waals surface area contributed by atoms with Crippen molar-refractivity contribution in [1.82, 2.24) is 5.32 Å². The van der Waals surface area contributed by atoms with Gasteiger partial charge in [0.2, 0.25) is 5.91 Å². The average Bonchev–Trinajstić information content (AvgIpc) is 2.98. The van der Waals surface area contributed by atoms with Crippen LogP contribution in [0.3, 0.4) is 0 Å². The van der Waals surface area contributed by atoms with Gasteiger partial charge in [-0.3, -0.25) is 4.79 Å². The molecule has 23 heavy (non-hydrogen) atoms. The molecule has 126 valence electrons. The fourth-order valence-electron chi connectivity index (χ4n) is 3.33. The second kappa shape index (κ2) is 7.84. The molecular formula is C18H25ClN2O2. The molecule has 0 spiro atoms. The normalized spacial score (nSPS) is 22.3. The zero-order chi connectivity index (χ0) is 15.5. The van der Waals surface area contributed by atoms with E-state index in [-0.39, 0.29) is 30.3 Å². The fraction of sp³-hybridized carbons (Fsp3) is 0.500. The topological polar surface area (TPSA) is 68.3 Å². The Labute approximate surface area is 143 Å². The highest BCUT2D eigenvalue weighted by Crippen LogP contribution is 2.27. The van der Waals surface area contributed by atoms with Crippen LogP contribution >= 0.6 is 12.4 Å². The number of para-hydroxylation sites is 1. The monoisotopic (exact) mass is 336 g/mol. The van der Waals surface area contributed by atoms with Gasteiger partial charge in [0.25, 0.3) is 0 Å². The third-order valence-electron chi connectivity index (χ3n) is 4.80. The largest absolute Gasteiger partial charge is 0.460 e. The number of hydrogen-bond donors (Lipinski definition) is 2. The molecule has 4 nitrogen and oxygen atoms in total. The molecule has 1 aliphatic carbocycles. The van der Waals surface area contributed by atoms with Crippen molar-refractivity contribution in [3.05, 3.63) is 36.1 Å². The third kappa shape index (κ3) is 3.88. The van der Waals surface area contributed by atoms with Crippen LogP contribution in [0.15, 0.2) is 34.7 Å². The second-order valence-corrected chi connectivity index (χ2v) is 6.30. The second-order valence-electron chi connectivity index (χ2n) is 6.30. The van der Waals surface area contributed by atoms with E-state index in [1.165, 1.54) is 12.8 Å². The van der Waals surface area contributed by atoms with Crippen LogP contribution in [0.1, 0.15) is 44.3 Å². The van der Waals surface area contributed by atoms with Crippen molar-refractivity contribution in [2.45, 2.75) is 44.6 Å². The minimum Gasteiger partial charge on any atom is -0.460 e. The van der Waals surface area contributed by atoms with Crippen LogP contribution in [0.2, 0.25) is 0 Å². The summed E-state index contributed by atoms with van der Waals surface area (Å²) < 4.78 is 5.81. The minimum atomic E-state index is -0.284. The van der Waals surface area contributed by atoms with E-state index < -0.39 is 0 Å². The van der Waals surface area contributed by atoms with Crippen molar-refractivity contribution >= 4 is 29.3 Å². The van der Waals surface area contributed by atoms with Crippen molar-refractivity contribution < 1.29 is 9.21 Å². The highest BCUT2D eigenvalue weighted by molar-refractivity contribution is 5.86. The number of halogens is 1. The molecule has 0 saturated heterocycles. The van der Waals surface area contributed by atoms with Crippen LogP contribution in [0.5, 0.6) is 0 Å². The first-order valence-electron chi connectivity index (χ1n) is 8.18. The van der Waals surface area contributed by atoms with E-state index >= 15 is 0 Å². The number of fused-ring (bicyclic) bond motifs is 1.